The molecule has 0 saturated carbocycles. The van der Waals surface area contributed by atoms with Crippen molar-refractivity contribution in [2.45, 2.75) is 13.0 Å². The molecule has 25 heavy (non-hydrogen) atoms. The molecule has 130 valence electrons. The van der Waals surface area contributed by atoms with E-state index in [0.29, 0.717) is 5.69 Å². The predicted octanol–water partition coefficient (Wildman–Crippen LogP) is 2.98. The van der Waals surface area contributed by atoms with Crippen molar-refractivity contribution in [2.75, 3.05) is 26.2 Å². The molecule has 0 bridgehead atoms. The number of fused-ring (bicyclic) bond motifs is 1. The molecule has 6 heteroatoms. The molecular formula is C19H22N4OS. The first-order valence-corrected chi connectivity index (χ1v) is 9.48. The summed E-state index contributed by atoms with van der Waals surface area (Å²) in [6, 6.07) is 10.8. The van der Waals surface area contributed by atoms with Gasteiger partial charge in [0.2, 0.25) is 0 Å². The second-order valence-electron chi connectivity index (χ2n) is 6.56. The molecule has 0 atom stereocenters. The number of aromatic nitrogens is 2. The van der Waals surface area contributed by atoms with Crippen LogP contribution in [0.25, 0.3) is 10.1 Å². The van der Waals surface area contributed by atoms with Gasteiger partial charge in [0.05, 0.1) is 12.5 Å². The van der Waals surface area contributed by atoms with E-state index in [1.807, 2.05) is 23.3 Å². The van der Waals surface area contributed by atoms with Crippen LogP contribution in [0.2, 0.25) is 0 Å². The fourth-order valence-corrected chi connectivity index (χ4v) is 4.50. The molecule has 2 aromatic heterocycles. The van der Waals surface area contributed by atoms with Gasteiger partial charge < -0.3 is 9.47 Å². The van der Waals surface area contributed by atoms with Crippen LogP contribution < -0.4 is 0 Å². The standard InChI is InChI=1S/C19H22N4OS/c1-21-14-20-12-17(21)19(24)23-8-4-7-22(9-10-23)13-16-11-15-5-2-3-6-18(15)25-16/h2-3,5-6,11-12,14H,4,7-10,13H2,1H3. The Morgan fingerprint density at radius 1 is 1.20 bits per heavy atom. The third kappa shape index (κ3) is 3.45. The third-order valence-electron chi connectivity index (χ3n) is 4.77. The number of hydrogen-bond donors (Lipinski definition) is 0. The number of aryl methyl sites for hydroxylation is 1. The topological polar surface area (TPSA) is 41.4 Å². The van der Waals surface area contributed by atoms with Crippen molar-refractivity contribution in [2.24, 2.45) is 7.05 Å². The highest BCUT2D eigenvalue weighted by Crippen LogP contribution is 2.26. The highest BCUT2D eigenvalue weighted by atomic mass is 32.1. The van der Waals surface area contributed by atoms with Gasteiger partial charge in [-0.05, 0) is 23.9 Å². The van der Waals surface area contributed by atoms with Gasteiger partial charge >= 0.3 is 0 Å². The molecule has 3 heterocycles. The highest BCUT2D eigenvalue weighted by molar-refractivity contribution is 7.19. The summed E-state index contributed by atoms with van der Waals surface area (Å²) in [5.41, 5.74) is 0.665. The Hall–Kier alpha value is -2.18. The molecule has 1 fully saturated rings. The van der Waals surface area contributed by atoms with Gasteiger partial charge in [-0.1, -0.05) is 18.2 Å². The Morgan fingerprint density at radius 3 is 2.88 bits per heavy atom. The van der Waals surface area contributed by atoms with Crippen LogP contribution in [0.4, 0.5) is 0 Å². The number of hydrogen-bond acceptors (Lipinski definition) is 4. The van der Waals surface area contributed by atoms with E-state index in [2.05, 4.69) is 40.2 Å². The molecular weight excluding hydrogens is 332 g/mol. The Bertz CT molecular complexity index is 851. The number of carbonyl (C=O) groups is 1. The number of amides is 1. The molecule has 0 unspecified atom stereocenters. The van der Waals surface area contributed by atoms with Crippen molar-refractivity contribution in [1.82, 2.24) is 19.4 Å². The lowest BCUT2D eigenvalue weighted by Crippen LogP contribution is -2.35. The summed E-state index contributed by atoms with van der Waals surface area (Å²) in [5, 5.41) is 1.32. The summed E-state index contributed by atoms with van der Waals surface area (Å²) in [4.78, 5) is 22.5. The van der Waals surface area contributed by atoms with Crippen LogP contribution in [-0.2, 0) is 13.6 Å². The summed E-state index contributed by atoms with van der Waals surface area (Å²) >= 11 is 1.87. The first-order chi connectivity index (χ1) is 12.2. The lowest BCUT2D eigenvalue weighted by Gasteiger charge is -2.21. The maximum Gasteiger partial charge on any atom is 0.272 e. The van der Waals surface area contributed by atoms with Crippen LogP contribution in [-0.4, -0.2) is 51.4 Å². The van der Waals surface area contributed by atoms with Crippen molar-refractivity contribution in [3.63, 3.8) is 0 Å². The van der Waals surface area contributed by atoms with E-state index in [9.17, 15) is 4.79 Å². The quantitative estimate of drug-likeness (QED) is 0.726. The van der Waals surface area contributed by atoms with Gasteiger partial charge in [0.15, 0.2) is 0 Å². The van der Waals surface area contributed by atoms with Crippen LogP contribution in [0, 0.1) is 0 Å². The number of benzene rings is 1. The molecule has 3 aromatic rings. The van der Waals surface area contributed by atoms with Crippen molar-refractivity contribution >= 4 is 27.3 Å². The monoisotopic (exact) mass is 354 g/mol. The molecule has 1 saturated heterocycles. The molecule has 1 amide bonds. The van der Waals surface area contributed by atoms with Crippen molar-refractivity contribution < 1.29 is 4.79 Å². The zero-order valence-corrected chi connectivity index (χ0v) is 15.2. The van der Waals surface area contributed by atoms with Crippen LogP contribution in [0.3, 0.4) is 0 Å². The number of rotatable bonds is 3. The zero-order valence-electron chi connectivity index (χ0n) is 14.4. The SMILES string of the molecule is Cn1cncc1C(=O)N1CCCN(Cc2cc3ccccc3s2)CC1. The summed E-state index contributed by atoms with van der Waals surface area (Å²) in [5.74, 6) is 0.0868. The average molecular weight is 354 g/mol. The van der Waals surface area contributed by atoms with Gasteiger partial charge in [-0.3, -0.25) is 9.69 Å². The van der Waals surface area contributed by atoms with E-state index < -0.39 is 0 Å². The normalized spacial score (nSPS) is 16.3. The van der Waals surface area contributed by atoms with Crippen molar-refractivity contribution in [3.8, 4) is 0 Å². The van der Waals surface area contributed by atoms with E-state index in [1.54, 1.807) is 17.1 Å². The maximum atomic E-state index is 12.7. The minimum absolute atomic E-state index is 0.0868. The number of imidazole rings is 1. The average Bonchev–Trinajstić information content (AvgIpc) is 3.14. The van der Waals surface area contributed by atoms with E-state index in [0.717, 1.165) is 39.1 Å². The lowest BCUT2D eigenvalue weighted by molar-refractivity contribution is 0.0751. The van der Waals surface area contributed by atoms with Crippen LogP contribution >= 0.6 is 11.3 Å². The van der Waals surface area contributed by atoms with E-state index in [1.165, 1.54) is 15.0 Å². The van der Waals surface area contributed by atoms with Crippen LogP contribution in [0.5, 0.6) is 0 Å². The smallest absolute Gasteiger partial charge is 0.272 e. The number of thiophene rings is 1. The highest BCUT2D eigenvalue weighted by Gasteiger charge is 2.22. The van der Waals surface area contributed by atoms with Gasteiger partial charge in [-0.15, -0.1) is 11.3 Å². The minimum Gasteiger partial charge on any atom is -0.336 e. The van der Waals surface area contributed by atoms with Crippen LogP contribution in [0.1, 0.15) is 21.8 Å². The lowest BCUT2D eigenvalue weighted by atomic mass is 10.2. The maximum absolute atomic E-state index is 12.7. The summed E-state index contributed by atoms with van der Waals surface area (Å²) in [6.45, 7) is 4.50. The fraction of sp³-hybridized carbons (Fsp3) is 0.368. The summed E-state index contributed by atoms with van der Waals surface area (Å²) in [7, 11) is 1.87. The van der Waals surface area contributed by atoms with E-state index >= 15 is 0 Å². The van der Waals surface area contributed by atoms with Gasteiger partial charge in [0, 0.05) is 49.3 Å². The third-order valence-corrected chi connectivity index (χ3v) is 5.87. The molecule has 0 radical (unpaired) electrons. The zero-order chi connectivity index (χ0) is 17.2. The van der Waals surface area contributed by atoms with Gasteiger partial charge in [0.25, 0.3) is 5.91 Å². The molecule has 0 N–H and O–H groups in total. The molecule has 1 aliphatic rings. The van der Waals surface area contributed by atoms with Crippen LogP contribution in [0.15, 0.2) is 42.9 Å². The second kappa shape index (κ2) is 6.98. The Balaban J connectivity index is 1.41. The number of carbonyl (C=O) groups excluding carboxylic acids is 1. The molecule has 4 rings (SSSR count). The largest absolute Gasteiger partial charge is 0.336 e. The van der Waals surface area contributed by atoms with Gasteiger partial charge in [0.1, 0.15) is 5.69 Å². The first-order valence-electron chi connectivity index (χ1n) is 8.66. The van der Waals surface area contributed by atoms with E-state index in [4.69, 9.17) is 0 Å². The Labute approximate surface area is 151 Å². The van der Waals surface area contributed by atoms with Gasteiger partial charge in [-0.25, -0.2) is 4.98 Å². The molecule has 5 nitrogen and oxygen atoms in total. The fourth-order valence-electron chi connectivity index (χ4n) is 3.39. The molecule has 0 spiro atoms. The predicted molar refractivity (Wildman–Crippen MR) is 101 cm³/mol. The molecule has 0 aliphatic carbocycles. The first kappa shape index (κ1) is 16.3. The van der Waals surface area contributed by atoms with E-state index in [-0.39, 0.29) is 5.91 Å². The molecule has 1 aliphatic heterocycles. The summed E-state index contributed by atoms with van der Waals surface area (Å²) < 4.78 is 3.14. The second-order valence-corrected chi connectivity index (χ2v) is 7.73. The minimum atomic E-state index is 0.0868. The summed E-state index contributed by atoms with van der Waals surface area (Å²) in [6.07, 6.45) is 4.34. The van der Waals surface area contributed by atoms with Crippen molar-refractivity contribution in [1.29, 1.82) is 0 Å². The van der Waals surface area contributed by atoms with Crippen molar-refractivity contribution in [3.05, 3.63) is 53.4 Å². The Kier molecular flexibility index (Phi) is 4.55. The molecule has 1 aromatic carbocycles. The van der Waals surface area contributed by atoms with Gasteiger partial charge in [-0.2, -0.15) is 0 Å². The number of nitrogens with zero attached hydrogens (tertiary/aromatic N) is 4. The Morgan fingerprint density at radius 2 is 2.08 bits per heavy atom.